The Balaban J connectivity index is 2.02. The molecule has 0 amide bonds. The molecule has 0 aromatic carbocycles. The van der Waals surface area contributed by atoms with Crippen LogP contribution in [-0.4, -0.2) is 17.2 Å². The first-order valence-electron chi connectivity index (χ1n) is 5.51. The molecule has 0 saturated heterocycles. The fourth-order valence-electron chi connectivity index (χ4n) is 1.39. The first-order chi connectivity index (χ1) is 8.20. The number of hydrogen-bond donors (Lipinski definition) is 2. The van der Waals surface area contributed by atoms with E-state index in [1.165, 1.54) is 0 Å². The lowest BCUT2D eigenvalue weighted by Crippen LogP contribution is -2.12. The molecule has 0 saturated carbocycles. The number of aromatic nitrogens is 2. The molecule has 0 aliphatic carbocycles. The van der Waals surface area contributed by atoms with Crippen LogP contribution in [0.25, 0.3) is 0 Å². The van der Waals surface area contributed by atoms with Crippen molar-refractivity contribution in [3.05, 3.63) is 30.0 Å². The van der Waals surface area contributed by atoms with Crippen LogP contribution in [0, 0.1) is 0 Å². The van der Waals surface area contributed by atoms with E-state index >= 15 is 0 Å². The molecule has 2 N–H and O–H groups in total. The maximum atomic E-state index is 5.47. The standard InChI is InChI=1S/C11H16N4O2/c1-7(9-5-4-6-16-9)13-11-15-14-10(17-11)8(2)12-3/h4-8,12H,1-3H3,(H,13,15). The van der Waals surface area contributed by atoms with Crippen molar-refractivity contribution in [3.63, 3.8) is 0 Å². The van der Waals surface area contributed by atoms with Gasteiger partial charge in [0.15, 0.2) is 0 Å². The summed E-state index contributed by atoms with van der Waals surface area (Å²) in [6.07, 6.45) is 1.63. The predicted octanol–water partition coefficient (Wildman–Crippen LogP) is 2.12. The molecule has 0 fully saturated rings. The van der Waals surface area contributed by atoms with Crippen molar-refractivity contribution in [2.45, 2.75) is 25.9 Å². The predicted molar refractivity (Wildman–Crippen MR) is 62.5 cm³/mol. The van der Waals surface area contributed by atoms with Gasteiger partial charge in [0.05, 0.1) is 18.3 Å². The van der Waals surface area contributed by atoms with E-state index in [-0.39, 0.29) is 12.1 Å². The SMILES string of the molecule is CNC(C)c1nnc(NC(C)c2ccco2)o1. The topological polar surface area (TPSA) is 76.1 Å². The van der Waals surface area contributed by atoms with Gasteiger partial charge in [0.25, 0.3) is 0 Å². The zero-order valence-corrected chi connectivity index (χ0v) is 10.1. The van der Waals surface area contributed by atoms with Crippen LogP contribution in [0.3, 0.4) is 0 Å². The van der Waals surface area contributed by atoms with Gasteiger partial charge < -0.3 is 19.5 Å². The second-order valence-corrected chi connectivity index (χ2v) is 3.84. The van der Waals surface area contributed by atoms with E-state index in [2.05, 4.69) is 20.8 Å². The molecule has 0 bridgehead atoms. The third-order valence-electron chi connectivity index (χ3n) is 2.55. The van der Waals surface area contributed by atoms with Crippen molar-refractivity contribution in [1.29, 1.82) is 0 Å². The molecule has 2 rings (SSSR count). The first kappa shape index (κ1) is 11.7. The maximum absolute atomic E-state index is 5.47. The highest BCUT2D eigenvalue weighted by molar-refractivity contribution is 5.23. The van der Waals surface area contributed by atoms with E-state index in [4.69, 9.17) is 8.83 Å². The Hall–Kier alpha value is -1.82. The Bertz CT molecular complexity index is 452. The third-order valence-corrected chi connectivity index (χ3v) is 2.55. The Kier molecular flexibility index (Phi) is 3.43. The van der Waals surface area contributed by atoms with Crippen molar-refractivity contribution in [2.24, 2.45) is 0 Å². The summed E-state index contributed by atoms with van der Waals surface area (Å²) in [4.78, 5) is 0. The number of nitrogens with zero attached hydrogens (tertiary/aromatic N) is 2. The van der Waals surface area contributed by atoms with Crippen LogP contribution in [-0.2, 0) is 0 Å². The summed E-state index contributed by atoms with van der Waals surface area (Å²) in [5, 5.41) is 14.0. The smallest absolute Gasteiger partial charge is 0.316 e. The molecule has 2 heterocycles. The fraction of sp³-hybridized carbons (Fsp3) is 0.455. The van der Waals surface area contributed by atoms with E-state index in [0.29, 0.717) is 11.9 Å². The Labute approximate surface area is 99.4 Å². The summed E-state index contributed by atoms with van der Waals surface area (Å²) >= 11 is 0. The minimum Gasteiger partial charge on any atom is -0.467 e. The van der Waals surface area contributed by atoms with Crippen LogP contribution < -0.4 is 10.6 Å². The third kappa shape index (κ3) is 2.65. The van der Waals surface area contributed by atoms with Gasteiger partial charge in [0, 0.05) is 0 Å². The first-order valence-corrected chi connectivity index (χ1v) is 5.51. The van der Waals surface area contributed by atoms with Gasteiger partial charge in [-0.25, -0.2) is 0 Å². The molecule has 17 heavy (non-hydrogen) atoms. The zero-order chi connectivity index (χ0) is 12.3. The van der Waals surface area contributed by atoms with Crippen LogP contribution in [0.1, 0.15) is 37.6 Å². The second kappa shape index (κ2) is 5.01. The number of nitrogens with one attached hydrogen (secondary N) is 2. The molecule has 2 aromatic heterocycles. The van der Waals surface area contributed by atoms with Gasteiger partial charge in [-0.3, -0.25) is 0 Å². The number of hydrogen-bond acceptors (Lipinski definition) is 6. The Morgan fingerprint density at radius 2 is 2.06 bits per heavy atom. The van der Waals surface area contributed by atoms with Crippen LogP contribution in [0.4, 0.5) is 6.01 Å². The van der Waals surface area contributed by atoms with Gasteiger partial charge in [0.2, 0.25) is 5.89 Å². The van der Waals surface area contributed by atoms with Crippen molar-refractivity contribution < 1.29 is 8.83 Å². The van der Waals surface area contributed by atoms with Crippen molar-refractivity contribution in [2.75, 3.05) is 12.4 Å². The molecule has 0 aliphatic heterocycles. The monoisotopic (exact) mass is 236 g/mol. The van der Waals surface area contributed by atoms with Gasteiger partial charge >= 0.3 is 6.01 Å². The van der Waals surface area contributed by atoms with Gasteiger partial charge in [-0.15, -0.1) is 5.10 Å². The molecule has 2 unspecified atom stereocenters. The average Bonchev–Trinajstić information content (AvgIpc) is 2.98. The summed E-state index contributed by atoms with van der Waals surface area (Å²) in [5.41, 5.74) is 0. The zero-order valence-electron chi connectivity index (χ0n) is 10.1. The fourth-order valence-corrected chi connectivity index (χ4v) is 1.39. The molecule has 6 heteroatoms. The summed E-state index contributed by atoms with van der Waals surface area (Å²) < 4.78 is 10.7. The lowest BCUT2D eigenvalue weighted by molar-refractivity contribution is 0.433. The molecule has 2 atom stereocenters. The lowest BCUT2D eigenvalue weighted by atomic mass is 10.3. The highest BCUT2D eigenvalue weighted by Crippen LogP contribution is 2.20. The molecular weight excluding hydrogens is 220 g/mol. The van der Waals surface area contributed by atoms with Crippen molar-refractivity contribution in [1.82, 2.24) is 15.5 Å². The van der Waals surface area contributed by atoms with E-state index in [1.807, 2.05) is 33.0 Å². The van der Waals surface area contributed by atoms with Gasteiger partial charge in [-0.2, -0.15) is 0 Å². The quantitative estimate of drug-likeness (QED) is 0.828. The van der Waals surface area contributed by atoms with Gasteiger partial charge in [-0.05, 0) is 33.0 Å². The molecule has 2 aromatic rings. The molecule has 0 spiro atoms. The van der Waals surface area contributed by atoms with Crippen LogP contribution >= 0.6 is 0 Å². The minimum atomic E-state index is -0.0109. The van der Waals surface area contributed by atoms with Gasteiger partial charge in [0.1, 0.15) is 5.76 Å². The van der Waals surface area contributed by atoms with E-state index < -0.39 is 0 Å². The lowest BCUT2D eigenvalue weighted by Gasteiger charge is -2.08. The summed E-state index contributed by atoms with van der Waals surface area (Å²) in [7, 11) is 1.84. The normalized spacial score (nSPS) is 14.5. The van der Waals surface area contributed by atoms with Crippen LogP contribution in [0.2, 0.25) is 0 Å². The van der Waals surface area contributed by atoms with E-state index in [9.17, 15) is 0 Å². The second-order valence-electron chi connectivity index (χ2n) is 3.84. The van der Waals surface area contributed by atoms with Crippen LogP contribution in [0.5, 0.6) is 0 Å². The molecule has 6 nitrogen and oxygen atoms in total. The van der Waals surface area contributed by atoms with E-state index in [0.717, 1.165) is 5.76 Å². The minimum absolute atomic E-state index is 0.0109. The summed E-state index contributed by atoms with van der Waals surface area (Å²) in [6.45, 7) is 3.91. The summed E-state index contributed by atoms with van der Waals surface area (Å²) in [5.74, 6) is 1.38. The molecule has 92 valence electrons. The Morgan fingerprint density at radius 3 is 2.71 bits per heavy atom. The number of rotatable bonds is 5. The number of furan rings is 1. The maximum Gasteiger partial charge on any atom is 0.316 e. The highest BCUT2D eigenvalue weighted by Gasteiger charge is 2.15. The molecular formula is C11H16N4O2. The van der Waals surface area contributed by atoms with Crippen molar-refractivity contribution >= 4 is 6.01 Å². The highest BCUT2D eigenvalue weighted by atomic mass is 16.4. The van der Waals surface area contributed by atoms with Gasteiger partial charge in [-0.1, -0.05) is 5.10 Å². The Morgan fingerprint density at radius 1 is 1.24 bits per heavy atom. The summed E-state index contributed by atoms with van der Waals surface area (Å²) in [6, 6.07) is 4.16. The average molecular weight is 236 g/mol. The van der Waals surface area contributed by atoms with Crippen molar-refractivity contribution in [3.8, 4) is 0 Å². The number of anilines is 1. The largest absolute Gasteiger partial charge is 0.467 e. The molecule has 0 aliphatic rings. The van der Waals surface area contributed by atoms with E-state index in [1.54, 1.807) is 6.26 Å². The van der Waals surface area contributed by atoms with Crippen LogP contribution in [0.15, 0.2) is 27.2 Å². The molecule has 0 radical (unpaired) electrons.